The Morgan fingerprint density at radius 2 is 0.607 bits per heavy atom. The number of hydrogen-bond donors (Lipinski definition) is 0. The minimum Gasteiger partial charge on any atom is -0.545 e. The quantitative estimate of drug-likeness (QED) is 0.0195. The van der Waals surface area contributed by atoms with E-state index in [1.807, 2.05) is 21.1 Å². The van der Waals surface area contributed by atoms with Gasteiger partial charge in [0.25, 0.3) is 0 Å². The predicted molar refractivity (Wildman–Crippen MR) is 379 cm³/mol. The molecule has 0 aromatic carbocycles. The van der Waals surface area contributed by atoms with Crippen LogP contribution in [0, 0.1) is 0 Å². The first-order valence-corrected chi connectivity index (χ1v) is 34.6. The van der Waals surface area contributed by atoms with Gasteiger partial charge in [0.2, 0.25) is 0 Å². The van der Waals surface area contributed by atoms with Crippen molar-refractivity contribution in [3.05, 3.63) is 194 Å². The molecule has 0 N–H and O–H groups in total. The number of ether oxygens (including phenoxy) is 4. The van der Waals surface area contributed by atoms with E-state index < -0.39 is 24.3 Å². The lowest BCUT2D eigenvalue weighted by Crippen LogP contribution is -2.44. The van der Waals surface area contributed by atoms with Gasteiger partial charge in [-0.05, 0) is 141 Å². The number of quaternary nitrogens is 1. The van der Waals surface area contributed by atoms with E-state index in [2.05, 4.69) is 208 Å². The van der Waals surface area contributed by atoms with Gasteiger partial charge in [-0.1, -0.05) is 272 Å². The van der Waals surface area contributed by atoms with Gasteiger partial charge in [0.05, 0.1) is 40.3 Å². The second-order valence-electron chi connectivity index (χ2n) is 23.3. The van der Waals surface area contributed by atoms with E-state index in [1.54, 1.807) is 0 Å². The zero-order valence-corrected chi connectivity index (χ0v) is 56.7. The standard InChI is InChI=1S/C80H125NO8/c1-6-8-10-12-14-16-18-20-22-24-26-28-30-31-32-33-34-35-36-37-38-39-40-41-42-43-44-45-46-47-49-51-53-55-57-59-61-63-65-67-69-71-78(83)89-76(75-88-80(79(84)85)86-73-72-81(3,4)5)74-87-77(82)70-68-66-64-62-60-58-56-54-52-50-48-29-27-25-23-21-19-17-15-13-11-9-7-2/h8-11,14-17,20-23,26-29,31-32,34-35,37-38,40-41,43-44,46-47,50-53,76,80H,6-7,12-13,18-19,24-25,30,33,36,39,42,45,48-49,54-75H2,1-5H3/b10-8-,11-9-,16-14-,17-15-,22-20-,23-21-,28-26-,29-27-,32-31-,35-34-,38-37-,41-40-,44-43-,47-46-,52-50-,53-51-. The smallest absolute Gasteiger partial charge is 0.306 e. The highest BCUT2D eigenvalue weighted by Crippen LogP contribution is 2.14. The van der Waals surface area contributed by atoms with E-state index in [1.165, 1.54) is 32.1 Å². The molecule has 0 spiro atoms. The van der Waals surface area contributed by atoms with Gasteiger partial charge in [0.15, 0.2) is 12.4 Å². The average molecular weight is 1230 g/mol. The Labute approximate surface area is 544 Å². The summed E-state index contributed by atoms with van der Waals surface area (Å²) in [6.45, 7) is 4.47. The van der Waals surface area contributed by atoms with Crippen molar-refractivity contribution in [2.45, 2.75) is 245 Å². The Hall–Kier alpha value is -5.87. The number of carboxylic acid groups (broad SMARTS) is 1. The molecular weight excluding hydrogens is 1100 g/mol. The van der Waals surface area contributed by atoms with E-state index in [4.69, 9.17) is 18.9 Å². The fourth-order valence-electron chi connectivity index (χ4n) is 8.63. The summed E-state index contributed by atoms with van der Waals surface area (Å²) >= 11 is 0. The summed E-state index contributed by atoms with van der Waals surface area (Å²) in [5.41, 5.74) is 0. The van der Waals surface area contributed by atoms with Crippen LogP contribution in [0.25, 0.3) is 0 Å². The van der Waals surface area contributed by atoms with Crippen LogP contribution < -0.4 is 5.11 Å². The highest BCUT2D eigenvalue weighted by Gasteiger charge is 2.22. The van der Waals surface area contributed by atoms with Crippen LogP contribution in [-0.4, -0.2) is 82.3 Å². The Balaban J connectivity index is 4.24. The molecule has 0 radical (unpaired) electrons. The summed E-state index contributed by atoms with van der Waals surface area (Å²) in [7, 11) is 5.90. The lowest BCUT2D eigenvalue weighted by Gasteiger charge is -2.26. The van der Waals surface area contributed by atoms with Crippen LogP contribution in [0.4, 0.5) is 0 Å². The molecule has 0 saturated carbocycles. The third-order valence-electron chi connectivity index (χ3n) is 13.8. The molecule has 0 aromatic rings. The fourth-order valence-corrected chi connectivity index (χ4v) is 8.63. The Morgan fingerprint density at radius 1 is 0.337 bits per heavy atom. The first-order chi connectivity index (χ1) is 43.6. The second kappa shape index (κ2) is 68.0. The number of nitrogens with zero attached hydrogens (tertiary/aromatic N) is 1. The van der Waals surface area contributed by atoms with E-state index >= 15 is 0 Å². The van der Waals surface area contributed by atoms with Gasteiger partial charge in [-0.3, -0.25) is 9.59 Å². The zero-order chi connectivity index (χ0) is 64.7. The van der Waals surface area contributed by atoms with E-state index in [0.717, 1.165) is 161 Å². The molecule has 0 aliphatic carbocycles. The van der Waals surface area contributed by atoms with Crippen LogP contribution in [0.3, 0.4) is 0 Å². The van der Waals surface area contributed by atoms with Crippen molar-refractivity contribution in [1.82, 2.24) is 0 Å². The van der Waals surface area contributed by atoms with Crippen LogP contribution in [0.2, 0.25) is 0 Å². The Kier molecular flexibility index (Phi) is 63.6. The molecule has 0 fully saturated rings. The average Bonchev–Trinajstić information content (AvgIpc) is 3.64. The Morgan fingerprint density at radius 3 is 0.899 bits per heavy atom. The maximum Gasteiger partial charge on any atom is 0.306 e. The van der Waals surface area contributed by atoms with E-state index in [0.29, 0.717) is 23.9 Å². The van der Waals surface area contributed by atoms with Gasteiger partial charge in [-0.25, -0.2) is 0 Å². The van der Waals surface area contributed by atoms with Crippen LogP contribution in [-0.2, 0) is 33.3 Å². The molecule has 0 bridgehead atoms. The van der Waals surface area contributed by atoms with Crippen LogP contribution >= 0.6 is 0 Å². The minimum absolute atomic E-state index is 0.132. The summed E-state index contributed by atoms with van der Waals surface area (Å²) in [5.74, 6) is -2.33. The summed E-state index contributed by atoms with van der Waals surface area (Å²) in [6.07, 6.45) is 102. The van der Waals surface area contributed by atoms with Gasteiger partial charge < -0.3 is 33.3 Å². The molecule has 2 unspecified atom stereocenters. The number of carboxylic acids is 1. The fraction of sp³-hybridized carbons (Fsp3) is 0.562. The van der Waals surface area contributed by atoms with Crippen molar-refractivity contribution in [2.24, 2.45) is 0 Å². The molecule has 498 valence electrons. The molecule has 9 nitrogen and oxygen atoms in total. The van der Waals surface area contributed by atoms with Crippen molar-refractivity contribution in [3.8, 4) is 0 Å². The summed E-state index contributed by atoms with van der Waals surface area (Å²) in [5, 5.41) is 11.8. The number of allylic oxidation sites excluding steroid dienone is 32. The predicted octanol–water partition coefficient (Wildman–Crippen LogP) is 20.5. The molecule has 0 heterocycles. The Bertz CT molecular complexity index is 2160. The largest absolute Gasteiger partial charge is 0.545 e. The summed E-state index contributed by atoms with van der Waals surface area (Å²) in [6, 6.07) is 0. The summed E-state index contributed by atoms with van der Waals surface area (Å²) in [4.78, 5) is 37.5. The minimum atomic E-state index is -1.64. The van der Waals surface area contributed by atoms with Gasteiger partial charge in [0.1, 0.15) is 13.2 Å². The number of carbonyl (C=O) groups excluding carboxylic acids is 3. The molecule has 0 saturated heterocycles. The third kappa shape index (κ3) is 69.5. The maximum absolute atomic E-state index is 12.9. The third-order valence-corrected chi connectivity index (χ3v) is 13.8. The molecule has 0 rings (SSSR count). The monoisotopic (exact) mass is 1230 g/mol. The van der Waals surface area contributed by atoms with Gasteiger partial charge in [-0.15, -0.1) is 0 Å². The molecule has 0 amide bonds. The normalized spacial score (nSPS) is 13.9. The van der Waals surface area contributed by atoms with E-state index in [9.17, 15) is 19.5 Å². The van der Waals surface area contributed by atoms with Crippen molar-refractivity contribution < 1.29 is 42.9 Å². The van der Waals surface area contributed by atoms with Gasteiger partial charge >= 0.3 is 11.9 Å². The van der Waals surface area contributed by atoms with Crippen molar-refractivity contribution >= 4 is 17.9 Å². The van der Waals surface area contributed by atoms with Crippen molar-refractivity contribution in [1.29, 1.82) is 0 Å². The summed E-state index contributed by atoms with van der Waals surface area (Å²) < 4.78 is 22.7. The SMILES string of the molecule is CC/C=C\C/C=C\C/C=C\C/C=C\C/C=C\C/C=C\C/C=C\C/C=C\C/C=C\C/C=C\C/C=C\CCCCCCCCCC(=O)OC(COC(=O)CCCCCCCCC/C=C\C/C=C\C/C=C\C/C=C\C/C=C\CC)COC(OCC[N+](C)(C)C)C(=O)[O-]. The number of rotatable bonds is 61. The highest BCUT2D eigenvalue weighted by molar-refractivity contribution is 5.70. The lowest BCUT2D eigenvalue weighted by molar-refractivity contribution is -0.870. The number of carbonyl (C=O) groups is 3. The first kappa shape index (κ1) is 83.1. The highest BCUT2D eigenvalue weighted by atomic mass is 16.7. The number of aliphatic carboxylic acids is 1. The van der Waals surface area contributed by atoms with Gasteiger partial charge in [0, 0.05) is 12.8 Å². The molecule has 2 atom stereocenters. The van der Waals surface area contributed by atoms with Crippen LogP contribution in [0.15, 0.2) is 194 Å². The maximum atomic E-state index is 12.9. The number of likely N-dealkylation sites (N-methyl/N-ethyl adjacent to an activating group) is 1. The molecule has 0 aliphatic heterocycles. The van der Waals surface area contributed by atoms with E-state index in [-0.39, 0.29) is 38.6 Å². The second-order valence-corrected chi connectivity index (χ2v) is 23.3. The lowest BCUT2D eigenvalue weighted by atomic mass is 10.1. The van der Waals surface area contributed by atoms with Crippen molar-refractivity contribution in [3.63, 3.8) is 0 Å². The molecule has 9 heteroatoms. The van der Waals surface area contributed by atoms with Crippen LogP contribution in [0.1, 0.15) is 232 Å². The topological polar surface area (TPSA) is 111 Å². The van der Waals surface area contributed by atoms with Crippen LogP contribution in [0.5, 0.6) is 0 Å². The number of hydrogen-bond acceptors (Lipinski definition) is 8. The van der Waals surface area contributed by atoms with Crippen molar-refractivity contribution in [2.75, 3.05) is 47.5 Å². The molecular formula is C80H125NO8. The number of esters is 2. The molecule has 0 aromatic heterocycles. The number of unbranched alkanes of at least 4 members (excludes halogenated alkanes) is 14. The van der Waals surface area contributed by atoms with Gasteiger partial charge in [-0.2, -0.15) is 0 Å². The first-order valence-electron chi connectivity index (χ1n) is 34.6. The molecule has 89 heavy (non-hydrogen) atoms. The zero-order valence-electron chi connectivity index (χ0n) is 56.7. The molecule has 0 aliphatic rings.